The first-order valence-electron chi connectivity index (χ1n) is 5.01. The summed E-state index contributed by atoms with van der Waals surface area (Å²) >= 11 is 0. The highest BCUT2D eigenvalue weighted by Crippen LogP contribution is 2.49. The van der Waals surface area contributed by atoms with Crippen LogP contribution in [-0.4, -0.2) is 11.7 Å². The van der Waals surface area contributed by atoms with Gasteiger partial charge in [0.2, 0.25) is 0 Å². The molecule has 64 valence electrons. The van der Waals surface area contributed by atoms with Crippen LogP contribution in [0.25, 0.3) is 0 Å². The van der Waals surface area contributed by atoms with E-state index in [1.54, 1.807) is 0 Å². The van der Waals surface area contributed by atoms with Gasteiger partial charge in [-0.2, -0.15) is 0 Å². The van der Waals surface area contributed by atoms with Crippen LogP contribution in [0.15, 0.2) is 0 Å². The van der Waals surface area contributed by atoms with E-state index in [2.05, 4.69) is 0 Å². The standard InChI is InChI=1S/C10H18O/c11-5-1-2-9-6-8-3-4-10(9)7-8/h8-11H,1-7H2/t8-,9-,10+/m0/s1. The summed E-state index contributed by atoms with van der Waals surface area (Å²) in [6, 6.07) is 0. The topological polar surface area (TPSA) is 20.2 Å². The third-order valence-electron chi connectivity index (χ3n) is 3.62. The van der Waals surface area contributed by atoms with Crippen LogP contribution in [0.2, 0.25) is 0 Å². The van der Waals surface area contributed by atoms with E-state index in [9.17, 15) is 0 Å². The molecule has 2 saturated carbocycles. The van der Waals surface area contributed by atoms with E-state index >= 15 is 0 Å². The zero-order valence-corrected chi connectivity index (χ0v) is 7.13. The van der Waals surface area contributed by atoms with Gasteiger partial charge in [0.25, 0.3) is 0 Å². The number of fused-ring (bicyclic) bond motifs is 2. The number of aliphatic hydroxyl groups is 1. The van der Waals surface area contributed by atoms with Crippen molar-refractivity contribution in [1.29, 1.82) is 0 Å². The maximum absolute atomic E-state index is 8.70. The molecule has 0 spiro atoms. The highest BCUT2D eigenvalue weighted by molar-refractivity contribution is 4.89. The lowest BCUT2D eigenvalue weighted by atomic mass is 9.86. The Morgan fingerprint density at radius 2 is 2.09 bits per heavy atom. The number of rotatable bonds is 3. The SMILES string of the molecule is OCCC[C@H]1C[C@@H]2CC[C@@H]1C2. The normalized spacial score (nSPS) is 41.7. The summed E-state index contributed by atoms with van der Waals surface area (Å²) in [5.74, 6) is 3.11. The van der Waals surface area contributed by atoms with Gasteiger partial charge in [0, 0.05) is 6.61 Å². The first-order chi connectivity index (χ1) is 5.40. The zero-order valence-electron chi connectivity index (χ0n) is 7.13. The highest BCUT2D eigenvalue weighted by atomic mass is 16.2. The molecular formula is C10H18O. The largest absolute Gasteiger partial charge is 0.396 e. The fraction of sp³-hybridized carbons (Fsp3) is 1.00. The molecule has 0 unspecified atom stereocenters. The molecule has 3 atom stereocenters. The minimum Gasteiger partial charge on any atom is -0.396 e. The highest BCUT2D eigenvalue weighted by Gasteiger charge is 2.38. The Kier molecular flexibility index (Phi) is 2.17. The molecule has 0 heterocycles. The van der Waals surface area contributed by atoms with Crippen LogP contribution in [0, 0.1) is 17.8 Å². The summed E-state index contributed by atoms with van der Waals surface area (Å²) in [6.45, 7) is 0.397. The maximum Gasteiger partial charge on any atom is 0.0431 e. The average molecular weight is 154 g/mol. The molecule has 11 heavy (non-hydrogen) atoms. The monoisotopic (exact) mass is 154 g/mol. The smallest absolute Gasteiger partial charge is 0.0431 e. The second-order valence-electron chi connectivity index (χ2n) is 4.30. The van der Waals surface area contributed by atoms with Crippen molar-refractivity contribution in [2.75, 3.05) is 6.61 Å². The molecule has 2 aliphatic rings. The van der Waals surface area contributed by atoms with Crippen LogP contribution < -0.4 is 0 Å². The Balaban J connectivity index is 1.78. The van der Waals surface area contributed by atoms with Gasteiger partial charge >= 0.3 is 0 Å². The van der Waals surface area contributed by atoms with Gasteiger partial charge in [-0.15, -0.1) is 0 Å². The lowest BCUT2D eigenvalue weighted by Gasteiger charge is -2.20. The lowest BCUT2D eigenvalue weighted by Crippen LogP contribution is -2.10. The van der Waals surface area contributed by atoms with Gasteiger partial charge in [-0.05, 0) is 49.9 Å². The molecule has 1 heteroatoms. The summed E-state index contributed by atoms with van der Waals surface area (Å²) in [4.78, 5) is 0. The minimum absolute atomic E-state index is 0.397. The van der Waals surface area contributed by atoms with Crippen molar-refractivity contribution < 1.29 is 5.11 Å². The Hall–Kier alpha value is -0.0400. The fourth-order valence-electron chi connectivity index (χ4n) is 3.08. The summed E-state index contributed by atoms with van der Waals surface area (Å²) in [7, 11) is 0. The Bertz CT molecular complexity index is 133. The summed E-state index contributed by atoms with van der Waals surface area (Å²) in [6.07, 6.45) is 8.30. The first-order valence-corrected chi connectivity index (χ1v) is 5.01. The van der Waals surface area contributed by atoms with Gasteiger partial charge in [0.1, 0.15) is 0 Å². The van der Waals surface area contributed by atoms with Crippen molar-refractivity contribution in [3.05, 3.63) is 0 Å². The van der Waals surface area contributed by atoms with Crippen LogP contribution in [-0.2, 0) is 0 Å². The van der Waals surface area contributed by atoms with E-state index < -0.39 is 0 Å². The van der Waals surface area contributed by atoms with Crippen molar-refractivity contribution in [2.45, 2.75) is 38.5 Å². The van der Waals surface area contributed by atoms with Crippen molar-refractivity contribution in [1.82, 2.24) is 0 Å². The van der Waals surface area contributed by atoms with Crippen molar-refractivity contribution >= 4 is 0 Å². The van der Waals surface area contributed by atoms with Gasteiger partial charge in [-0.25, -0.2) is 0 Å². The van der Waals surface area contributed by atoms with Gasteiger partial charge < -0.3 is 5.11 Å². The molecule has 0 amide bonds. The zero-order chi connectivity index (χ0) is 7.68. The second-order valence-corrected chi connectivity index (χ2v) is 4.30. The van der Waals surface area contributed by atoms with Crippen LogP contribution in [0.5, 0.6) is 0 Å². The fourth-order valence-corrected chi connectivity index (χ4v) is 3.08. The van der Waals surface area contributed by atoms with Crippen molar-refractivity contribution in [2.24, 2.45) is 17.8 Å². The molecule has 0 saturated heterocycles. The van der Waals surface area contributed by atoms with Crippen molar-refractivity contribution in [3.8, 4) is 0 Å². The summed E-state index contributed by atoms with van der Waals surface area (Å²) in [5, 5.41) is 8.70. The Morgan fingerprint density at radius 3 is 2.64 bits per heavy atom. The lowest BCUT2D eigenvalue weighted by molar-refractivity contribution is 0.245. The van der Waals surface area contributed by atoms with E-state index in [-0.39, 0.29) is 0 Å². The van der Waals surface area contributed by atoms with Gasteiger partial charge in [0.15, 0.2) is 0 Å². The summed E-state index contributed by atoms with van der Waals surface area (Å²) < 4.78 is 0. The molecule has 0 aromatic carbocycles. The summed E-state index contributed by atoms with van der Waals surface area (Å²) in [5.41, 5.74) is 0. The Labute approximate surface area is 68.8 Å². The van der Waals surface area contributed by atoms with E-state index in [0.717, 1.165) is 24.2 Å². The minimum atomic E-state index is 0.397. The molecule has 2 fully saturated rings. The van der Waals surface area contributed by atoms with Crippen molar-refractivity contribution in [3.63, 3.8) is 0 Å². The molecule has 1 N–H and O–H groups in total. The van der Waals surface area contributed by atoms with Crippen LogP contribution >= 0.6 is 0 Å². The molecule has 0 aliphatic heterocycles. The van der Waals surface area contributed by atoms with Gasteiger partial charge in [0.05, 0.1) is 0 Å². The predicted molar refractivity (Wildman–Crippen MR) is 45.3 cm³/mol. The van der Waals surface area contributed by atoms with Gasteiger partial charge in [-0.1, -0.05) is 6.42 Å². The van der Waals surface area contributed by atoms with Crippen LogP contribution in [0.3, 0.4) is 0 Å². The van der Waals surface area contributed by atoms with E-state index in [1.807, 2.05) is 0 Å². The second kappa shape index (κ2) is 3.14. The number of hydrogen-bond acceptors (Lipinski definition) is 1. The molecule has 0 radical (unpaired) electrons. The van der Waals surface area contributed by atoms with E-state index in [4.69, 9.17) is 5.11 Å². The molecule has 2 rings (SSSR count). The predicted octanol–water partition coefficient (Wildman–Crippen LogP) is 2.20. The first kappa shape index (κ1) is 7.60. The van der Waals surface area contributed by atoms with E-state index in [0.29, 0.717) is 6.61 Å². The molecule has 2 bridgehead atoms. The quantitative estimate of drug-likeness (QED) is 0.660. The van der Waals surface area contributed by atoms with Gasteiger partial charge in [-0.3, -0.25) is 0 Å². The average Bonchev–Trinajstić information content (AvgIpc) is 2.60. The molecule has 1 nitrogen and oxygen atoms in total. The van der Waals surface area contributed by atoms with Crippen LogP contribution in [0.4, 0.5) is 0 Å². The van der Waals surface area contributed by atoms with Crippen LogP contribution in [0.1, 0.15) is 38.5 Å². The molecule has 0 aromatic heterocycles. The molecule has 2 aliphatic carbocycles. The number of hydrogen-bond donors (Lipinski definition) is 1. The maximum atomic E-state index is 8.70. The molecular weight excluding hydrogens is 136 g/mol. The third kappa shape index (κ3) is 1.44. The number of aliphatic hydroxyl groups excluding tert-OH is 1. The third-order valence-corrected chi connectivity index (χ3v) is 3.62. The Morgan fingerprint density at radius 1 is 1.18 bits per heavy atom. The molecule has 0 aromatic rings. The van der Waals surface area contributed by atoms with E-state index in [1.165, 1.54) is 32.1 Å².